The van der Waals surface area contributed by atoms with Gasteiger partial charge in [0.1, 0.15) is 21.2 Å². The average Bonchev–Trinajstić information content (AvgIpc) is 2.91. The fourth-order valence-electron chi connectivity index (χ4n) is 3.19. The molecular weight excluding hydrogens is 336 g/mol. The SMILES string of the molecule is CCCc1nc2c(N)nc3ccccc3c2n1CCCCS(C)(=O)=O. The number of pyridine rings is 1. The minimum atomic E-state index is -2.92. The summed E-state index contributed by atoms with van der Waals surface area (Å²) in [4.78, 5) is 9.21. The fourth-order valence-corrected chi connectivity index (χ4v) is 3.92. The smallest absolute Gasteiger partial charge is 0.152 e. The Balaban J connectivity index is 2.05. The number of para-hydroxylation sites is 1. The van der Waals surface area contributed by atoms with Gasteiger partial charge in [-0.2, -0.15) is 0 Å². The summed E-state index contributed by atoms with van der Waals surface area (Å²) in [6.45, 7) is 2.85. The van der Waals surface area contributed by atoms with Crippen LogP contribution in [0.2, 0.25) is 0 Å². The number of rotatable bonds is 7. The normalized spacial score (nSPS) is 12.2. The Morgan fingerprint density at radius 3 is 2.64 bits per heavy atom. The highest BCUT2D eigenvalue weighted by Gasteiger charge is 2.16. The van der Waals surface area contributed by atoms with Crippen LogP contribution in [-0.2, 0) is 22.8 Å². The molecule has 0 saturated heterocycles. The highest BCUT2D eigenvalue weighted by atomic mass is 32.2. The van der Waals surface area contributed by atoms with Crippen LogP contribution < -0.4 is 5.73 Å². The van der Waals surface area contributed by atoms with Crippen molar-refractivity contribution < 1.29 is 8.42 Å². The van der Waals surface area contributed by atoms with E-state index in [2.05, 4.69) is 16.5 Å². The highest BCUT2D eigenvalue weighted by molar-refractivity contribution is 7.90. The van der Waals surface area contributed by atoms with E-state index in [1.807, 2.05) is 24.3 Å². The molecule has 3 rings (SSSR count). The molecule has 0 amide bonds. The molecule has 7 heteroatoms. The van der Waals surface area contributed by atoms with Crippen molar-refractivity contribution in [3.05, 3.63) is 30.1 Å². The number of hydrogen-bond acceptors (Lipinski definition) is 5. The number of anilines is 1. The molecule has 2 heterocycles. The molecule has 3 aromatic rings. The van der Waals surface area contributed by atoms with Gasteiger partial charge in [0, 0.05) is 30.4 Å². The third-order valence-corrected chi connectivity index (χ3v) is 5.34. The van der Waals surface area contributed by atoms with Crippen molar-refractivity contribution >= 4 is 37.6 Å². The number of nitrogen functional groups attached to an aromatic ring is 1. The molecule has 0 aliphatic carbocycles. The largest absolute Gasteiger partial charge is 0.382 e. The number of nitrogens with zero attached hydrogens (tertiary/aromatic N) is 3. The Morgan fingerprint density at radius 1 is 1.16 bits per heavy atom. The van der Waals surface area contributed by atoms with Crippen LogP contribution in [0.15, 0.2) is 24.3 Å². The van der Waals surface area contributed by atoms with Gasteiger partial charge in [-0.1, -0.05) is 25.1 Å². The Kier molecular flexibility index (Phi) is 4.94. The topological polar surface area (TPSA) is 90.9 Å². The van der Waals surface area contributed by atoms with E-state index in [-0.39, 0.29) is 5.75 Å². The van der Waals surface area contributed by atoms with Gasteiger partial charge in [-0.3, -0.25) is 0 Å². The number of benzene rings is 1. The van der Waals surface area contributed by atoms with Crippen LogP contribution in [0, 0.1) is 0 Å². The molecule has 0 unspecified atom stereocenters. The summed E-state index contributed by atoms with van der Waals surface area (Å²) in [5, 5.41) is 1.03. The first-order chi connectivity index (χ1) is 11.9. The first-order valence-electron chi connectivity index (χ1n) is 8.61. The van der Waals surface area contributed by atoms with Crippen LogP contribution >= 0.6 is 0 Å². The summed E-state index contributed by atoms with van der Waals surface area (Å²) >= 11 is 0. The van der Waals surface area contributed by atoms with E-state index in [0.717, 1.165) is 53.6 Å². The average molecular weight is 360 g/mol. The lowest BCUT2D eigenvalue weighted by atomic mass is 10.2. The second-order valence-electron chi connectivity index (χ2n) is 6.48. The summed E-state index contributed by atoms with van der Waals surface area (Å²) in [5.74, 6) is 1.65. The zero-order valence-corrected chi connectivity index (χ0v) is 15.5. The molecular formula is C18H24N4O2S. The number of fused-ring (bicyclic) bond motifs is 3. The number of aryl methyl sites for hydroxylation is 2. The van der Waals surface area contributed by atoms with Gasteiger partial charge < -0.3 is 10.3 Å². The van der Waals surface area contributed by atoms with Crippen LogP contribution in [0.25, 0.3) is 21.9 Å². The number of aromatic nitrogens is 3. The van der Waals surface area contributed by atoms with Crippen molar-refractivity contribution in [1.29, 1.82) is 0 Å². The lowest BCUT2D eigenvalue weighted by Gasteiger charge is -2.10. The molecule has 6 nitrogen and oxygen atoms in total. The van der Waals surface area contributed by atoms with Crippen molar-refractivity contribution in [2.45, 2.75) is 39.2 Å². The first-order valence-corrected chi connectivity index (χ1v) is 10.7. The zero-order valence-electron chi connectivity index (χ0n) is 14.7. The van der Waals surface area contributed by atoms with Crippen LogP contribution in [0.3, 0.4) is 0 Å². The Hall–Kier alpha value is -2.15. The molecule has 0 radical (unpaired) electrons. The lowest BCUT2D eigenvalue weighted by molar-refractivity contribution is 0.584. The van der Waals surface area contributed by atoms with Gasteiger partial charge in [0.2, 0.25) is 0 Å². The summed E-state index contributed by atoms with van der Waals surface area (Å²) < 4.78 is 24.9. The van der Waals surface area contributed by atoms with Gasteiger partial charge in [-0.25, -0.2) is 18.4 Å². The van der Waals surface area contributed by atoms with E-state index < -0.39 is 9.84 Å². The molecule has 25 heavy (non-hydrogen) atoms. The van der Waals surface area contributed by atoms with E-state index in [0.29, 0.717) is 12.2 Å². The molecule has 0 fully saturated rings. The van der Waals surface area contributed by atoms with Crippen LogP contribution in [0.4, 0.5) is 5.82 Å². The predicted molar refractivity (Wildman–Crippen MR) is 102 cm³/mol. The number of unbranched alkanes of at least 4 members (excludes halogenated alkanes) is 1. The van der Waals surface area contributed by atoms with E-state index in [9.17, 15) is 8.42 Å². The van der Waals surface area contributed by atoms with E-state index in [4.69, 9.17) is 10.7 Å². The Morgan fingerprint density at radius 2 is 1.92 bits per heavy atom. The van der Waals surface area contributed by atoms with Crippen molar-refractivity contribution in [1.82, 2.24) is 14.5 Å². The maximum Gasteiger partial charge on any atom is 0.152 e. The van der Waals surface area contributed by atoms with Gasteiger partial charge in [-0.05, 0) is 25.3 Å². The minimum Gasteiger partial charge on any atom is -0.382 e. The summed E-state index contributed by atoms with van der Waals surface area (Å²) in [7, 11) is -2.92. The van der Waals surface area contributed by atoms with Gasteiger partial charge in [0.25, 0.3) is 0 Å². The van der Waals surface area contributed by atoms with E-state index in [1.54, 1.807) is 0 Å². The van der Waals surface area contributed by atoms with E-state index in [1.165, 1.54) is 6.26 Å². The molecule has 0 aliphatic rings. The van der Waals surface area contributed by atoms with E-state index >= 15 is 0 Å². The lowest BCUT2D eigenvalue weighted by Crippen LogP contribution is -2.08. The molecule has 1 aromatic carbocycles. The predicted octanol–water partition coefficient (Wildman–Crippen LogP) is 2.94. The van der Waals surface area contributed by atoms with Gasteiger partial charge in [-0.15, -0.1) is 0 Å². The molecule has 0 aliphatic heterocycles. The van der Waals surface area contributed by atoms with Crippen LogP contribution in [-0.4, -0.2) is 35.0 Å². The molecule has 134 valence electrons. The number of imidazole rings is 1. The summed E-state index contributed by atoms with van der Waals surface area (Å²) in [5.41, 5.74) is 8.75. The zero-order chi connectivity index (χ0) is 18.0. The van der Waals surface area contributed by atoms with Crippen molar-refractivity contribution in [2.24, 2.45) is 0 Å². The molecule has 0 bridgehead atoms. The molecule has 0 spiro atoms. The molecule has 0 atom stereocenters. The number of nitrogens with two attached hydrogens (primary N) is 1. The maximum absolute atomic E-state index is 11.3. The van der Waals surface area contributed by atoms with Crippen molar-refractivity contribution in [2.75, 3.05) is 17.7 Å². The monoisotopic (exact) mass is 360 g/mol. The van der Waals surface area contributed by atoms with Crippen LogP contribution in [0.1, 0.15) is 32.0 Å². The van der Waals surface area contributed by atoms with Crippen molar-refractivity contribution in [3.63, 3.8) is 0 Å². The second kappa shape index (κ2) is 7.00. The Labute approximate surface area is 148 Å². The Bertz CT molecular complexity index is 1010. The second-order valence-corrected chi connectivity index (χ2v) is 8.74. The van der Waals surface area contributed by atoms with Gasteiger partial charge in [0.15, 0.2) is 5.82 Å². The third-order valence-electron chi connectivity index (χ3n) is 4.31. The number of sulfone groups is 1. The number of hydrogen-bond donors (Lipinski definition) is 1. The standard InChI is InChI=1S/C18H24N4O2S/c1-3-8-15-21-16-17(22(15)11-6-7-12-25(2,23)24)13-9-4-5-10-14(13)20-18(16)19/h4-5,9-10H,3,6-8,11-12H2,1-2H3,(H2,19,20). The van der Waals surface area contributed by atoms with Gasteiger partial charge in [0.05, 0.1) is 11.0 Å². The minimum absolute atomic E-state index is 0.215. The maximum atomic E-state index is 11.3. The quantitative estimate of drug-likeness (QED) is 0.654. The third kappa shape index (κ3) is 3.76. The summed E-state index contributed by atoms with van der Waals surface area (Å²) in [6, 6.07) is 7.92. The van der Waals surface area contributed by atoms with Crippen LogP contribution in [0.5, 0.6) is 0 Å². The van der Waals surface area contributed by atoms with Gasteiger partial charge >= 0.3 is 0 Å². The highest BCUT2D eigenvalue weighted by Crippen LogP contribution is 2.29. The first kappa shape index (κ1) is 17.7. The molecule has 2 N–H and O–H groups in total. The fraction of sp³-hybridized carbons (Fsp3) is 0.444. The summed E-state index contributed by atoms with van der Waals surface area (Å²) in [6.07, 6.45) is 4.54. The molecule has 0 saturated carbocycles. The van der Waals surface area contributed by atoms with Crippen molar-refractivity contribution in [3.8, 4) is 0 Å². The molecule has 2 aromatic heterocycles.